The highest BCUT2D eigenvalue weighted by Gasteiger charge is 2.23. The highest BCUT2D eigenvalue weighted by Crippen LogP contribution is 2.21. The molecule has 0 spiro atoms. The van der Waals surface area contributed by atoms with Gasteiger partial charge >= 0.3 is 5.97 Å². The molecule has 0 radical (unpaired) electrons. The van der Waals surface area contributed by atoms with E-state index in [2.05, 4.69) is 4.90 Å². The number of benzene rings is 3. The number of amides is 1. The average Bonchev–Trinajstić information content (AvgIpc) is 2.87. The third kappa shape index (κ3) is 5.88. The number of halogens is 1. The maximum absolute atomic E-state index is 13.1. The molecule has 170 valence electrons. The van der Waals surface area contributed by atoms with E-state index in [9.17, 15) is 14.0 Å². The van der Waals surface area contributed by atoms with Crippen LogP contribution in [0.15, 0.2) is 78.9 Å². The summed E-state index contributed by atoms with van der Waals surface area (Å²) in [5.41, 5.74) is 2.18. The molecule has 4 rings (SSSR count). The number of rotatable bonds is 7. The zero-order valence-corrected chi connectivity index (χ0v) is 18.2. The molecule has 0 atom stereocenters. The molecule has 1 aliphatic rings. The highest BCUT2D eigenvalue weighted by atomic mass is 19.1. The number of carbonyl (C=O) groups excluding carboxylic acids is 2. The van der Waals surface area contributed by atoms with Crippen LogP contribution >= 0.6 is 0 Å². The summed E-state index contributed by atoms with van der Waals surface area (Å²) in [5.74, 6) is -0.713. The average molecular weight is 448 g/mol. The van der Waals surface area contributed by atoms with E-state index in [-0.39, 0.29) is 23.9 Å². The Hall–Kier alpha value is -3.87. The molecule has 1 heterocycles. The number of esters is 1. The van der Waals surface area contributed by atoms with Crippen LogP contribution in [0, 0.1) is 5.82 Å². The number of piperazine rings is 1. The lowest BCUT2D eigenvalue weighted by Crippen LogP contribution is -2.49. The third-order valence-electron chi connectivity index (χ3n) is 5.50. The van der Waals surface area contributed by atoms with E-state index in [0.717, 1.165) is 11.3 Å². The summed E-state index contributed by atoms with van der Waals surface area (Å²) in [5, 5.41) is 0. The first kappa shape index (κ1) is 22.3. The minimum Gasteiger partial charge on any atom is -0.488 e. The molecule has 1 aliphatic heterocycles. The normalized spacial score (nSPS) is 13.5. The van der Waals surface area contributed by atoms with E-state index < -0.39 is 5.97 Å². The molecule has 7 heteroatoms. The van der Waals surface area contributed by atoms with Crippen LogP contribution in [0.5, 0.6) is 5.75 Å². The minimum absolute atomic E-state index is 0.246. The molecule has 3 aromatic rings. The van der Waals surface area contributed by atoms with Gasteiger partial charge in [-0.3, -0.25) is 4.79 Å². The Labute approximate surface area is 192 Å². The third-order valence-corrected chi connectivity index (χ3v) is 5.50. The lowest BCUT2D eigenvalue weighted by Gasteiger charge is -2.36. The van der Waals surface area contributed by atoms with Gasteiger partial charge in [0.1, 0.15) is 23.7 Å². The van der Waals surface area contributed by atoms with Crippen molar-refractivity contribution in [3.05, 3.63) is 95.8 Å². The molecule has 0 bridgehead atoms. The van der Waals surface area contributed by atoms with Crippen molar-refractivity contribution in [2.75, 3.05) is 37.7 Å². The van der Waals surface area contributed by atoms with Crippen LogP contribution in [0.25, 0.3) is 0 Å². The van der Waals surface area contributed by atoms with Crippen molar-refractivity contribution < 1.29 is 23.5 Å². The second-order valence-corrected chi connectivity index (χ2v) is 7.69. The summed E-state index contributed by atoms with van der Waals surface area (Å²) in [4.78, 5) is 28.9. The number of carbonyl (C=O) groups is 2. The molecule has 0 N–H and O–H groups in total. The summed E-state index contributed by atoms with van der Waals surface area (Å²) < 4.78 is 24.2. The molecule has 0 saturated carbocycles. The smallest absolute Gasteiger partial charge is 0.342 e. The lowest BCUT2D eigenvalue weighted by atomic mass is 10.2. The van der Waals surface area contributed by atoms with Crippen LogP contribution in [-0.4, -0.2) is 49.6 Å². The Bertz CT molecular complexity index is 1080. The monoisotopic (exact) mass is 448 g/mol. The van der Waals surface area contributed by atoms with Crippen molar-refractivity contribution in [2.45, 2.75) is 6.61 Å². The van der Waals surface area contributed by atoms with Crippen LogP contribution < -0.4 is 9.64 Å². The standard InChI is InChI=1S/C26H25FN2O4/c27-21-10-12-22(13-11-21)28-14-16-29(17-15-28)25(30)19-33-26(31)23-8-4-5-9-24(23)32-18-20-6-2-1-3-7-20/h1-13H,14-19H2. The minimum atomic E-state index is -0.600. The van der Waals surface area contributed by atoms with Crippen LogP contribution in [0.1, 0.15) is 15.9 Å². The molecule has 0 unspecified atom stereocenters. The molecule has 1 saturated heterocycles. The van der Waals surface area contributed by atoms with Gasteiger partial charge in [0.05, 0.1) is 0 Å². The molecule has 33 heavy (non-hydrogen) atoms. The topological polar surface area (TPSA) is 59.1 Å². The number of para-hydroxylation sites is 1. The SMILES string of the molecule is O=C(OCC(=O)N1CCN(c2ccc(F)cc2)CC1)c1ccccc1OCc1ccccc1. The highest BCUT2D eigenvalue weighted by molar-refractivity contribution is 5.94. The molecule has 1 fully saturated rings. The zero-order valence-electron chi connectivity index (χ0n) is 18.2. The van der Waals surface area contributed by atoms with E-state index in [4.69, 9.17) is 9.47 Å². The number of nitrogens with zero attached hydrogens (tertiary/aromatic N) is 2. The summed E-state index contributed by atoms with van der Waals surface area (Å²) in [6.07, 6.45) is 0. The van der Waals surface area contributed by atoms with Crippen molar-refractivity contribution in [1.29, 1.82) is 0 Å². The van der Waals surface area contributed by atoms with Crippen molar-refractivity contribution in [2.24, 2.45) is 0 Å². The first-order valence-corrected chi connectivity index (χ1v) is 10.8. The Balaban J connectivity index is 1.27. The lowest BCUT2D eigenvalue weighted by molar-refractivity contribution is -0.134. The van der Waals surface area contributed by atoms with Gasteiger partial charge in [-0.1, -0.05) is 42.5 Å². The van der Waals surface area contributed by atoms with Crippen molar-refractivity contribution in [1.82, 2.24) is 4.90 Å². The first-order chi connectivity index (χ1) is 16.1. The number of anilines is 1. The summed E-state index contributed by atoms with van der Waals surface area (Å²) in [7, 11) is 0. The van der Waals surface area contributed by atoms with Gasteiger partial charge in [0.15, 0.2) is 6.61 Å². The molecular weight excluding hydrogens is 423 g/mol. The summed E-state index contributed by atoms with van der Waals surface area (Å²) >= 11 is 0. The van der Waals surface area contributed by atoms with E-state index in [0.29, 0.717) is 38.5 Å². The number of hydrogen-bond donors (Lipinski definition) is 0. The molecule has 1 amide bonds. The van der Waals surface area contributed by atoms with E-state index in [1.807, 2.05) is 30.3 Å². The van der Waals surface area contributed by atoms with Crippen LogP contribution in [0.3, 0.4) is 0 Å². The second kappa shape index (κ2) is 10.6. The number of ether oxygens (including phenoxy) is 2. The van der Waals surface area contributed by atoms with Gasteiger partial charge in [-0.05, 0) is 42.0 Å². The zero-order chi connectivity index (χ0) is 23.0. The predicted molar refractivity (Wildman–Crippen MR) is 123 cm³/mol. The number of hydrogen-bond acceptors (Lipinski definition) is 5. The fourth-order valence-corrected chi connectivity index (χ4v) is 3.66. The summed E-state index contributed by atoms with van der Waals surface area (Å²) in [6, 6.07) is 22.8. The molecule has 6 nitrogen and oxygen atoms in total. The quantitative estimate of drug-likeness (QED) is 0.513. The Morgan fingerprint density at radius 3 is 2.21 bits per heavy atom. The predicted octanol–water partition coefficient (Wildman–Crippen LogP) is 3.91. The van der Waals surface area contributed by atoms with Gasteiger partial charge in [0.2, 0.25) is 0 Å². The first-order valence-electron chi connectivity index (χ1n) is 10.8. The Morgan fingerprint density at radius 1 is 0.818 bits per heavy atom. The molecular formula is C26H25FN2O4. The van der Waals surface area contributed by atoms with Crippen LogP contribution in [-0.2, 0) is 16.1 Å². The largest absolute Gasteiger partial charge is 0.488 e. The fraction of sp³-hybridized carbons (Fsp3) is 0.231. The molecule has 3 aromatic carbocycles. The van der Waals surface area contributed by atoms with Gasteiger partial charge in [-0.15, -0.1) is 0 Å². The van der Waals surface area contributed by atoms with E-state index >= 15 is 0 Å². The molecule has 0 aromatic heterocycles. The summed E-state index contributed by atoms with van der Waals surface area (Å²) in [6.45, 7) is 2.25. The molecule has 0 aliphatic carbocycles. The van der Waals surface area contributed by atoms with Crippen molar-refractivity contribution in [3.63, 3.8) is 0 Å². The van der Waals surface area contributed by atoms with Gasteiger partial charge < -0.3 is 19.3 Å². The second-order valence-electron chi connectivity index (χ2n) is 7.69. The van der Waals surface area contributed by atoms with Gasteiger partial charge in [0, 0.05) is 31.9 Å². The Morgan fingerprint density at radius 2 is 1.48 bits per heavy atom. The van der Waals surface area contributed by atoms with Crippen LogP contribution in [0.2, 0.25) is 0 Å². The van der Waals surface area contributed by atoms with E-state index in [1.54, 1.807) is 41.3 Å². The van der Waals surface area contributed by atoms with Gasteiger partial charge in [-0.25, -0.2) is 9.18 Å². The maximum atomic E-state index is 13.1. The van der Waals surface area contributed by atoms with Crippen molar-refractivity contribution >= 4 is 17.6 Å². The van der Waals surface area contributed by atoms with Crippen molar-refractivity contribution in [3.8, 4) is 5.75 Å². The Kier molecular flexibility index (Phi) is 7.19. The van der Waals surface area contributed by atoms with Crippen LogP contribution in [0.4, 0.5) is 10.1 Å². The maximum Gasteiger partial charge on any atom is 0.342 e. The fourth-order valence-electron chi connectivity index (χ4n) is 3.66. The van der Waals surface area contributed by atoms with E-state index in [1.165, 1.54) is 12.1 Å². The van der Waals surface area contributed by atoms with Gasteiger partial charge in [-0.2, -0.15) is 0 Å². The van der Waals surface area contributed by atoms with Gasteiger partial charge in [0.25, 0.3) is 5.91 Å².